The van der Waals surface area contributed by atoms with Crippen LogP contribution in [0.3, 0.4) is 0 Å². The van der Waals surface area contributed by atoms with Gasteiger partial charge in [-0.2, -0.15) is 5.10 Å². The van der Waals surface area contributed by atoms with E-state index < -0.39 is 10.0 Å². The number of nitrogens with zero attached hydrogens (tertiary/aromatic N) is 2. The van der Waals surface area contributed by atoms with E-state index in [1.54, 1.807) is 31.3 Å². The van der Waals surface area contributed by atoms with Crippen LogP contribution in [0.5, 0.6) is 0 Å². The highest BCUT2D eigenvalue weighted by Gasteiger charge is 2.19. The van der Waals surface area contributed by atoms with E-state index in [0.717, 1.165) is 16.5 Å². The molecule has 146 valence electrons. The first kappa shape index (κ1) is 20.0. The zero-order chi connectivity index (χ0) is 20.5. The normalized spacial score (nSPS) is 12.2. The number of halogens is 2. The monoisotopic (exact) mass is 438 g/mol. The van der Waals surface area contributed by atoms with E-state index in [4.69, 9.17) is 34.7 Å². The summed E-state index contributed by atoms with van der Waals surface area (Å²) in [6.45, 7) is 1.73. The van der Waals surface area contributed by atoms with E-state index in [1.807, 2.05) is 0 Å². The smallest absolute Gasteiger partial charge is 0.263 e. The number of H-pyrrole nitrogens is 1. The Kier molecular flexibility index (Phi) is 5.50. The number of aromatic amines is 1. The van der Waals surface area contributed by atoms with Crippen molar-refractivity contribution in [3.05, 3.63) is 58.2 Å². The van der Waals surface area contributed by atoms with Crippen LogP contribution < -0.4 is 16.2 Å². The third-order valence-electron chi connectivity index (χ3n) is 3.82. The molecule has 0 saturated carbocycles. The minimum Gasteiger partial charge on any atom is -0.369 e. The molecule has 1 heterocycles. The van der Waals surface area contributed by atoms with Crippen molar-refractivity contribution in [1.29, 1.82) is 0 Å². The van der Waals surface area contributed by atoms with Crippen molar-refractivity contribution in [2.45, 2.75) is 11.8 Å². The molecule has 1 aromatic heterocycles. The van der Waals surface area contributed by atoms with Gasteiger partial charge in [0.2, 0.25) is 5.96 Å². The van der Waals surface area contributed by atoms with Gasteiger partial charge in [-0.15, -0.1) is 5.10 Å². The minimum absolute atomic E-state index is 0.0699. The fourth-order valence-electron chi connectivity index (χ4n) is 2.56. The first-order chi connectivity index (χ1) is 13.2. The summed E-state index contributed by atoms with van der Waals surface area (Å²) in [6, 6.07) is 9.27. The number of hydrogen-bond donors (Lipinski definition) is 4. The average molecular weight is 439 g/mol. The second-order valence-electron chi connectivity index (χ2n) is 5.85. The topological polar surface area (TPSA) is 139 Å². The molecule has 3 rings (SSSR count). The summed E-state index contributed by atoms with van der Waals surface area (Å²) in [7, 11) is -3.93. The molecule has 0 aliphatic heterocycles. The number of guanidine groups is 1. The van der Waals surface area contributed by atoms with Crippen LogP contribution in [0.25, 0.3) is 10.9 Å². The highest BCUT2D eigenvalue weighted by atomic mass is 35.5. The highest BCUT2D eigenvalue weighted by molar-refractivity contribution is 7.92. The number of hydrogen-bond acceptors (Lipinski definition) is 4. The molecule has 0 aliphatic carbocycles. The Hall–Kier alpha value is -2.75. The summed E-state index contributed by atoms with van der Waals surface area (Å²) in [4.78, 5) is 2.98. The molecule has 0 atom stereocenters. The van der Waals surface area contributed by atoms with Crippen molar-refractivity contribution >= 4 is 61.5 Å². The molecule has 0 aliphatic rings. The lowest BCUT2D eigenvalue weighted by Crippen LogP contribution is -2.22. The molecule has 11 heteroatoms. The Morgan fingerprint density at radius 3 is 2.57 bits per heavy atom. The number of benzene rings is 2. The standard InChI is InChI=1S/C17H16Cl2N6O2S/c1-9(23-24-17(20)21)13-8-22-15-5-3-11(7-12(13)15)25-28(26,27)16-6-10(18)2-4-14(16)19/h2-8,22,25H,1H3,(H4,20,21,24)/b23-9-. The van der Waals surface area contributed by atoms with Gasteiger partial charge in [-0.3, -0.25) is 4.72 Å². The van der Waals surface area contributed by atoms with Crippen molar-refractivity contribution < 1.29 is 8.42 Å². The Labute approximate surface area is 171 Å². The lowest BCUT2D eigenvalue weighted by atomic mass is 10.1. The second-order valence-corrected chi connectivity index (χ2v) is 8.35. The van der Waals surface area contributed by atoms with Crippen molar-refractivity contribution in [3.63, 3.8) is 0 Å². The maximum Gasteiger partial charge on any atom is 0.263 e. The Bertz CT molecular complexity index is 1210. The van der Waals surface area contributed by atoms with Crippen LogP contribution in [0, 0.1) is 0 Å². The van der Waals surface area contributed by atoms with Crippen molar-refractivity contribution in [1.82, 2.24) is 4.98 Å². The van der Waals surface area contributed by atoms with Gasteiger partial charge in [0.15, 0.2) is 0 Å². The quantitative estimate of drug-likeness (QED) is 0.275. The Morgan fingerprint density at radius 1 is 1.11 bits per heavy atom. The zero-order valence-electron chi connectivity index (χ0n) is 14.6. The first-order valence-electron chi connectivity index (χ1n) is 7.90. The molecule has 2 aromatic carbocycles. The van der Waals surface area contributed by atoms with Crippen LogP contribution in [0.1, 0.15) is 12.5 Å². The Balaban J connectivity index is 2.01. The minimum atomic E-state index is -3.93. The lowest BCUT2D eigenvalue weighted by Gasteiger charge is -2.10. The van der Waals surface area contributed by atoms with Gasteiger partial charge in [-0.25, -0.2) is 8.42 Å². The summed E-state index contributed by atoms with van der Waals surface area (Å²) in [5.41, 5.74) is 13.0. The third-order valence-corrected chi connectivity index (χ3v) is 5.92. The number of aromatic nitrogens is 1. The van der Waals surface area contributed by atoms with Crippen LogP contribution in [0.2, 0.25) is 10.0 Å². The molecular formula is C17H16Cl2N6O2S. The van der Waals surface area contributed by atoms with Crippen LogP contribution in [0.4, 0.5) is 5.69 Å². The van der Waals surface area contributed by atoms with Crippen LogP contribution in [-0.4, -0.2) is 25.1 Å². The number of sulfonamides is 1. The van der Waals surface area contributed by atoms with Gasteiger partial charge >= 0.3 is 0 Å². The number of nitrogens with two attached hydrogens (primary N) is 2. The van der Waals surface area contributed by atoms with Crippen LogP contribution in [0.15, 0.2) is 57.7 Å². The van der Waals surface area contributed by atoms with E-state index in [2.05, 4.69) is 19.9 Å². The largest absolute Gasteiger partial charge is 0.369 e. The molecule has 0 radical (unpaired) electrons. The van der Waals surface area contributed by atoms with Gasteiger partial charge in [0.1, 0.15) is 4.90 Å². The summed E-state index contributed by atoms with van der Waals surface area (Å²) < 4.78 is 27.9. The second kappa shape index (κ2) is 7.70. The molecule has 0 fully saturated rings. The molecule has 6 N–H and O–H groups in total. The predicted molar refractivity (Wildman–Crippen MR) is 114 cm³/mol. The molecule has 0 spiro atoms. The molecule has 0 amide bonds. The molecule has 0 bridgehead atoms. The number of rotatable bonds is 5. The molecule has 8 nitrogen and oxygen atoms in total. The number of anilines is 1. The van der Waals surface area contributed by atoms with E-state index in [-0.39, 0.29) is 20.9 Å². The fourth-order valence-corrected chi connectivity index (χ4v) is 4.38. The first-order valence-corrected chi connectivity index (χ1v) is 10.1. The molecular weight excluding hydrogens is 423 g/mol. The van der Waals surface area contributed by atoms with Gasteiger partial charge in [-0.05, 0) is 43.3 Å². The molecule has 28 heavy (non-hydrogen) atoms. The van der Waals surface area contributed by atoms with Crippen LogP contribution >= 0.6 is 23.2 Å². The summed E-state index contributed by atoms with van der Waals surface area (Å²) in [6.07, 6.45) is 1.73. The SMILES string of the molecule is C/C(=N/N=C(N)N)c1c[nH]c2ccc(NS(=O)(=O)c3cc(Cl)ccc3Cl)cc12. The van der Waals surface area contributed by atoms with Crippen LogP contribution in [-0.2, 0) is 10.0 Å². The number of nitrogens with one attached hydrogen (secondary N) is 2. The van der Waals surface area contributed by atoms with Crippen molar-refractivity contribution in [3.8, 4) is 0 Å². The lowest BCUT2D eigenvalue weighted by molar-refractivity contribution is 0.601. The zero-order valence-corrected chi connectivity index (χ0v) is 16.9. The average Bonchev–Trinajstić information content (AvgIpc) is 3.04. The third kappa shape index (κ3) is 4.22. The van der Waals surface area contributed by atoms with Crippen molar-refractivity contribution in [2.24, 2.45) is 21.7 Å². The maximum absolute atomic E-state index is 12.7. The van der Waals surface area contributed by atoms with E-state index in [9.17, 15) is 8.42 Å². The molecule has 0 unspecified atom stereocenters. The van der Waals surface area contributed by atoms with E-state index in [0.29, 0.717) is 11.4 Å². The summed E-state index contributed by atoms with van der Waals surface area (Å²) >= 11 is 11.9. The predicted octanol–water partition coefficient (Wildman–Crippen LogP) is 3.27. The summed E-state index contributed by atoms with van der Waals surface area (Å²) in [5.74, 6) is -0.161. The van der Waals surface area contributed by atoms with Crippen molar-refractivity contribution in [2.75, 3.05) is 4.72 Å². The van der Waals surface area contributed by atoms with Gasteiger partial charge in [-0.1, -0.05) is 23.2 Å². The Morgan fingerprint density at radius 2 is 1.86 bits per heavy atom. The van der Waals surface area contributed by atoms with E-state index in [1.165, 1.54) is 18.2 Å². The fraction of sp³-hybridized carbons (Fsp3) is 0.0588. The molecule has 3 aromatic rings. The maximum atomic E-state index is 12.7. The van der Waals surface area contributed by atoms with Gasteiger partial charge < -0.3 is 16.5 Å². The number of fused-ring (bicyclic) bond motifs is 1. The van der Waals surface area contributed by atoms with Gasteiger partial charge in [0.05, 0.1) is 10.7 Å². The summed E-state index contributed by atoms with van der Waals surface area (Å²) in [5, 5.41) is 8.66. The van der Waals surface area contributed by atoms with Gasteiger partial charge in [0, 0.05) is 33.4 Å². The van der Waals surface area contributed by atoms with Gasteiger partial charge in [0.25, 0.3) is 10.0 Å². The van der Waals surface area contributed by atoms with E-state index >= 15 is 0 Å². The molecule has 0 saturated heterocycles. The highest BCUT2D eigenvalue weighted by Crippen LogP contribution is 2.29.